The molecule has 248 valence electrons. The summed E-state index contributed by atoms with van der Waals surface area (Å²) in [6.45, 7) is 9.42. The Morgan fingerprint density at radius 2 is 1.62 bits per heavy atom. The summed E-state index contributed by atoms with van der Waals surface area (Å²) in [5.41, 5.74) is 5.02. The van der Waals surface area contributed by atoms with Crippen LogP contribution in [0.25, 0.3) is 11.1 Å². The van der Waals surface area contributed by atoms with Crippen molar-refractivity contribution in [1.29, 1.82) is 0 Å². The molecule has 2 N–H and O–H groups in total. The molecule has 0 spiro atoms. The quantitative estimate of drug-likeness (QED) is 0.239. The number of ketones is 1. The van der Waals surface area contributed by atoms with Gasteiger partial charge in [0, 0.05) is 56.2 Å². The van der Waals surface area contributed by atoms with Crippen LogP contribution >= 0.6 is 0 Å². The molecule has 1 heterocycles. The van der Waals surface area contributed by atoms with Gasteiger partial charge in [-0.25, -0.2) is 0 Å². The predicted octanol–water partition coefficient (Wildman–Crippen LogP) is 6.79. The van der Waals surface area contributed by atoms with Crippen LogP contribution in [0.2, 0.25) is 0 Å². The minimum absolute atomic E-state index is 0.0169. The van der Waals surface area contributed by atoms with Crippen LogP contribution in [0, 0.1) is 5.41 Å². The minimum atomic E-state index is -0.952. The third kappa shape index (κ3) is 6.87. The number of rotatable bonds is 5. The van der Waals surface area contributed by atoms with Crippen LogP contribution in [-0.4, -0.2) is 76.1 Å². The van der Waals surface area contributed by atoms with Crippen LogP contribution in [-0.2, 0) is 11.2 Å². The summed E-state index contributed by atoms with van der Waals surface area (Å²) >= 11 is 0. The highest BCUT2D eigenvalue weighted by Gasteiger charge is 2.57. The number of benzene rings is 3. The molecule has 1 aliphatic heterocycles. The molecular weight excluding hydrogens is 584 g/mol. The lowest BCUT2D eigenvalue weighted by Crippen LogP contribution is -2.57. The van der Waals surface area contributed by atoms with Crippen molar-refractivity contribution >= 4 is 11.7 Å². The van der Waals surface area contributed by atoms with Crippen LogP contribution in [0.15, 0.2) is 84.4 Å². The van der Waals surface area contributed by atoms with Crippen molar-refractivity contribution in [3.05, 3.63) is 107 Å². The molecular formula is C41H50N2O4. The standard InChI is InChI=1S/C41H50N2O4/c1-29-10-9-20-40(3)38(19-21-41(40,47)28-42-22-24-43(25-23-42)30(2)44)35-18-16-31(26-33(45)17-15-29)27-37(35)39(46)36-14-8-7-13-34(36)32-11-5-4-6-12-32/h4-8,10-14,16,18,27,33,38,45,47H,9,15,17,19-26,28H2,1-3H3. The van der Waals surface area contributed by atoms with Gasteiger partial charge < -0.3 is 15.1 Å². The molecule has 7 rings (SSSR count). The molecule has 47 heavy (non-hydrogen) atoms. The SMILES string of the molecule is CC(=O)N1CCN(CC2(O)CCC3c4ccc(cc4C(=O)c4ccccc4-c4ccccc4)CC(O)CCC(C)=CCCC32C)CC1. The normalized spacial score (nSPS) is 27.2. The summed E-state index contributed by atoms with van der Waals surface area (Å²) in [6.07, 6.45) is 6.83. The number of hydrogen-bond donors (Lipinski definition) is 2. The van der Waals surface area contributed by atoms with Gasteiger partial charge in [-0.3, -0.25) is 14.5 Å². The number of β-amino-alcohol motifs (C(OH)–C–C–N with tert-alkyl or cyclic N) is 1. The Bertz CT molecular complexity index is 1630. The van der Waals surface area contributed by atoms with Gasteiger partial charge in [-0.1, -0.05) is 85.3 Å². The molecule has 2 bridgehead atoms. The van der Waals surface area contributed by atoms with Crippen molar-refractivity contribution in [2.24, 2.45) is 5.41 Å². The molecule has 0 radical (unpaired) electrons. The Kier molecular flexibility index (Phi) is 9.84. The average molecular weight is 635 g/mol. The van der Waals surface area contributed by atoms with Gasteiger partial charge in [0.1, 0.15) is 0 Å². The maximum atomic E-state index is 14.8. The summed E-state index contributed by atoms with van der Waals surface area (Å²) in [5.74, 6) is 0.0627. The van der Waals surface area contributed by atoms with E-state index in [9.17, 15) is 19.8 Å². The number of aliphatic hydroxyl groups excluding tert-OH is 1. The van der Waals surface area contributed by atoms with E-state index < -0.39 is 17.1 Å². The highest BCUT2D eigenvalue weighted by Crippen LogP contribution is 2.59. The molecule has 0 aromatic heterocycles. The number of fused-ring (bicyclic) bond motifs is 8. The van der Waals surface area contributed by atoms with Crippen LogP contribution in [0.3, 0.4) is 0 Å². The number of piperazine rings is 1. The first-order valence-corrected chi connectivity index (χ1v) is 17.4. The van der Waals surface area contributed by atoms with Gasteiger partial charge in [-0.15, -0.1) is 0 Å². The summed E-state index contributed by atoms with van der Waals surface area (Å²) < 4.78 is 0. The highest BCUT2D eigenvalue weighted by atomic mass is 16.3. The summed E-state index contributed by atoms with van der Waals surface area (Å²) in [6, 6.07) is 24.1. The van der Waals surface area contributed by atoms with E-state index in [1.54, 1.807) is 6.92 Å². The Morgan fingerprint density at radius 1 is 0.894 bits per heavy atom. The van der Waals surface area contributed by atoms with Gasteiger partial charge in [-0.05, 0) is 86.1 Å². The highest BCUT2D eigenvalue weighted by molar-refractivity contribution is 6.13. The van der Waals surface area contributed by atoms with Crippen molar-refractivity contribution in [2.45, 2.75) is 83.3 Å². The third-order valence-corrected chi connectivity index (χ3v) is 11.5. The first kappa shape index (κ1) is 33.3. The first-order chi connectivity index (χ1) is 22.6. The zero-order valence-corrected chi connectivity index (χ0v) is 28.3. The van der Waals surface area contributed by atoms with Crippen molar-refractivity contribution in [3.63, 3.8) is 0 Å². The second-order valence-corrected chi connectivity index (χ2v) is 14.5. The third-order valence-electron chi connectivity index (χ3n) is 11.5. The van der Waals surface area contributed by atoms with Gasteiger partial charge in [-0.2, -0.15) is 0 Å². The number of carbonyl (C=O) groups excluding carboxylic acids is 2. The molecule has 1 saturated carbocycles. The Morgan fingerprint density at radius 3 is 2.36 bits per heavy atom. The van der Waals surface area contributed by atoms with Gasteiger partial charge in [0.25, 0.3) is 0 Å². The molecule has 3 aromatic carbocycles. The van der Waals surface area contributed by atoms with E-state index >= 15 is 0 Å². The van der Waals surface area contributed by atoms with Crippen molar-refractivity contribution in [3.8, 4) is 11.1 Å². The van der Waals surface area contributed by atoms with E-state index in [0.717, 1.165) is 61.0 Å². The molecule has 4 aliphatic rings. The number of amides is 1. The van der Waals surface area contributed by atoms with Crippen molar-refractivity contribution in [2.75, 3.05) is 32.7 Å². The maximum absolute atomic E-state index is 14.8. The zero-order chi connectivity index (χ0) is 33.2. The second-order valence-electron chi connectivity index (χ2n) is 14.5. The number of allylic oxidation sites excluding steroid dienone is 2. The van der Waals surface area contributed by atoms with E-state index in [-0.39, 0.29) is 17.6 Å². The summed E-state index contributed by atoms with van der Waals surface area (Å²) in [7, 11) is 0. The molecule has 4 atom stereocenters. The Balaban J connectivity index is 1.42. The van der Waals surface area contributed by atoms with Gasteiger partial charge in [0.2, 0.25) is 5.91 Å². The van der Waals surface area contributed by atoms with Crippen molar-refractivity contribution in [1.82, 2.24) is 9.80 Å². The van der Waals surface area contributed by atoms with Gasteiger partial charge in [0.15, 0.2) is 5.78 Å². The van der Waals surface area contributed by atoms with Crippen molar-refractivity contribution < 1.29 is 19.8 Å². The van der Waals surface area contributed by atoms with E-state index in [1.807, 2.05) is 65.6 Å². The largest absolute Gasteiger partial charge is 0.393 e. The van der Waals surface area contributed by atoms with Gasteiger partial charge >= 0.3 is 0 Å². The number of carbonyl (C=O) groups is 2. The van der Waals surface area contributed by atoms with E-state index in [0.29, 0.717) is 50.0 Å². The van der Waals surface area contributed by atoms with E-state index in [1.165, 1.54) is 5.57 Å². The average Bonchev–Trinajstić information content (AvgIpc) is 3.32. The maximum Gasteiger partial charge on any atom is 0.219 e. The van der Waals surface area contributed by atoms with Crippen LogP contribution < -0.4 is 0 Å². The molecule has 2 fully saturated rings. The Labute approximate surface area is 280 Å². The van der Waals surface area contributed by atoms with E-state index in [2.05, 4.69) is 37.0 Å². The zero-order valence-electron chi connectivity index (χ0n) is 28.3. The lowest BCUT2D eigenvalue weighted by atomic mass is 9.64. The molecule has 4 unspecified atom stereocenters. The Hall–Kier alpha value is -3.58. The predicted molar refractivity (Wildman–Crippen MR) is 187 cm³/mol. The lowest BCUT2D eigenvalue weighted by Gasteiger charge is -2.47. The molecule has 1 saturated heterocycles. The van der Waals surface area contributed by atoms with Crippen LogP contribution in [0.5, 0.6) is 0 Å². The minimum Gasteiger partial charge on any atom is -0.393 e. The van der Waals surface area contributed by atoms with Crippen LogP contribution in [0.1, 0.15) is 92.3 Å². The molecule has 3 aromatic rings. The van der Waals surface area contributed by atoms with E-state index in [4.69, 9.17) is 0 Å². The number of hydrogen-bond acceptors (Lipinski definition) is 5. The molecule has 1 amide bonds. The fourth-order valence-electron chi connectivity index (χ4n) is 8.48. The number of aliphatic hydroxyl groups is 2. The van der Waals surface area contributed by atoms with Gasteiger partial charge in [0.05, 0.1) is 11.7 Å². The molecule has 3 aliphatic carbocycles. The smallest absolute Gasteiger partial charge is 0.219 e. The number of nitrogens with zero attached hydrogens (tertiary/aromatic N) is 2. The monoisotopic (exact) mass is 634 g/mol. The summed E-state index contributed by atoms with van der Waals surface area (Å²) in [4.78, 5) is 31.0. The van der Waals surface area contributed by atoms with Crippen LogP contribution in [0.4, 0.5) is 0 Å². The second kappa shape index (κ2) is 13.9. The summed E-state index contributed by atoms with van der Waals surface area (Å²) in [5, 5.41) is 23.7. The lowest BCUT2D eigenvalue weighted by molar-refractivity contribution is -0.132. The first-order valence-electron chi connectivity index (χ1n) is 17.4. The topological polar surface area (TPSA) is 81.1 Å². The molecule has 6 heteroatoms. The molecule has 6 nitrogen and oxygen atoms in total. The fraction of sp³-hybridized carbons (Fsp3) is 0.463. The fourth-order valence-corrected chi connectivity index (χ4v) is 8.48.